The standard InChI is InChI=1S/C4H6O5S/c1-2-9-10(7,8)3-4(5)6/h2H,1,3H2,(H,5,6). The molecule has 0 aliphatic carbocycles. The number of carboxylic acid groups (broad SMARTS) is 1. The van der Waals surface area contributed by atoms with Crippen LogP contribution in [0.1, 0.15) is 0 Å². The van der Waals surface area contributed by atoms with Crippen LogP contribution in [0.15, 0.2) is 12.8 Å². The maximum absolute atomic E-state index is 10.4. The number of aliphatic carboxylic acids is 1. The first-order valence-corrected chi connectivity index (χ1v) is 3.79. The minimum absolute atomic E-state index is 0.665. The SMILES string of the molecule is C=COS(=O)(=O)CC(=O)O. The molecule has 0 atom stereocenters. The van der Waals surface area contributed by atoms with Crippen LogP contribution in [-0.2, 0) is 19.1 Å². The molecule has 0 radical (unpaired) electrons. The summed E-state index contributed by atoms with van der Waals surface area (Å²) in [4.78, 5) is 9.80. The number of carboxylic acids is 1. The summed E-state index contributed by atoms with van der Waals surface area (Å²) < 4.78 is 24.6. The molecule has 0 saturated heterocycles. The molecule has 0 heterocycles. The number of hydrogen-bond donors (Lipinski definition) is 1. The summed E-state index contributed by atoms with van der Waals surface area (Å²) in [5.74, 6) is -2.50. The van der Waals surface area contributed by atoms with Crippen LogP contribution in [0.3, 0.4) is 0 Å². The molecule has 5 nitrogen and oxygen atoms in total. The van der Waals surface area contributed by atoms with Crippen LogP contribution in [0, 0.1) is 0 Å². The summed E-state index contributed by atoms with van der Waals surface area (Å²) in [5.41, 5.74) is 0. The third kappa shape index (κ3) is 3.90. The highest BCUT2D eigenvalue weighted by molar-refractivity contribution is 7.87. The molecule has 0 unspecified atom stereocenters. The van der Waals surface area contributed by atoms with E-state index < -0.39 is 21.8 Å². The maximum atomic E-state index is 10.4. The van der Waals surface area contributed by atoms with E-state index in [9.17, 15) is 13.2 Å². The van der Waals surface area contributed by atoms with Crippen molar-refractivity contribution in [3.63, 3.8) is 0 Å². The average Bonchev–Trinajstić information content (AvgIpc) is 1.59. The van der Waals surface area contributed by atoms with Crippen LogP contribution in [0.4, 0.5) is 0 Å². The summed E-state index contributed by atoms with van der Waals surface area (Å²) in [6, 6.07) is 0. The Hall–Kier alpha value is -1.04. The van der Waals surface area contributed by atoms with Gasteiger partial charge in [0.25, 0.3) is 0 Å². The van der Waals surface area contributed by atoms with Crippen molar-refractivity contribution in [2.24, 2.45) is 0 Å². The Kier molecular flexibility index (Phi) is 2.88. The zero-order chi connectivity index (χ0) is 8.20. The average molecular weight is 166 g/mol. The van der Waals surface area contributed by atoms with Crippen molar-refractivity contribution in [3.8, 4) is 0 Å². The fourth-order valence-corrected chi connectivity index (χ4v) is 0.867. The summed E-state index contributed by atoms with van der Waals surface area (Å²) >= 11 is 0. The quantitative estimate of drug-likeness (QED) is 0.452. The third-order valence-electron chi connectivity index (χ3n) is 0.515. The molecule has 0 aliphatic rings. The van der Waals surface area contributed by atoms with E-state index >= 15 is 0 Å². The Bertz CT molecular complexity index is 226. The Morgan fingerprint density at radius 2 is 2.20 bits per heavy atom. The molecule has 0 amide bonds. The van der Waals surface area contributed by atoms with Crippen LogP contribution in [0.5, 0.6) is 0 Å². The van der Waals surface area contributed by atoms with Crippen molar-refractivity contribution in [1.82, 2.24) is 0 Å². The zero-order valence-corrected chi connectivity index (χ0v) is 5.80. The number of rotatable bonds is 4. The molecule has 1 N–H and O–H groups in total. The van der Waals surface area contributed by atoms with E-state index in [1.807, 2.05) is 0 Å². The van der Waals surface area contributed by atoms with E-state index in [1.165, 1.54) is 0 Å². The van der Waals surface area contributed by atoms with Crippen molar-refractivity contribution < 1.29 is 22.5 Å². The highest BCUT2D eigenvalue weighted by Gasteiger charge is 2.14. The molecule has 6 heteroatoms. The van der Waals surface area contributed by atoms with Gasteiger partial charge < -0.3 is 9.29 Å². The van der Waals surface area contributed by atoms with E-state index in [0.29, 0.717) is 6.26 Å². The predicted octanol–water partition coefficient (Wildman–Crippen LogP) is -0.439. The fourth-order valence-electron chi connectivity index (χ4n) is 0.289. The predicted molar refractivity (Wildman–Crippen MR) is 32.7 cm³/mol. The molecule has 0 aliphatic heterocycles. The van der Waals surface area contributed by atoms with Crippen LogP contribution in [0.25, 0.3) is 0 Å². The van der Waals surface area contributed by atoms with Crippen LogP contribution < -0.4 is 0 Å². The van der Waals surface area contributed by atoms with E-state index in [4.69, 9.17) is 5.11 Å². The van der Waals surface area contributed by atoms with E-state index in [1.54, 1.807) is 0 Å². The molecule has 58 valence electrons. The topological polar surface area (TPSA) is 80.7 Å². The van der Waals surface area contributed by atoms with Gasteiger partial charge >= 0.3 is 16.1 Å². The molecular weight excluding hydrogens is 160 g/mol. The number of carbonyl (C=O) groups is 1. The van der Waals surface area contributed by atoms with Gasteiger partial charge in [-0.25, -0.2) is 0 Å². The first kappa shape index (κ1) is 8.96. The van der Waals surface area contributed by atoms with Crippen molar-refractivity contribution >= 4 is 16.1 Å². The number of hydrogen-bond acceptors (Lipinski definition) is 4. The first-order valence-electron chi connectivity index (χ1n) is 2.21. The van der Waals surface area contributed by atoms with Crippen LogP contribution in [-0.4, -0.2) is 25.2 Å². The Balaban J connectivity index is 4.14. The molecule has 0 spiro atoms. The van der Waals surface area contributed by atoms with Gasteiger partial charge in [-0.2, -0.15) is 8.42 Å². The minimum Gasteiger partial charge on any atom is -0.480 e. The van der Waals surface area contributed by atoms with E-state index in [2.05, 4.69) is 10.8 Å². The fraction of sp³-hybridized carbons (Fsp3) is 0.250. The van der Waals surface area contributed by atoms with Gasteiger partial charge in [0.2, 0.25) is 0 Å². The van der Waals surface area contributed by atoms with Gasteiger partial charge in [-0.05, 0) is 0 Å². The second-order valence-corrected chi connectivity index (χ2v) is 2.96. The third-order valence-corrected chi connectivity index (χ3v) is 1.54. The molecule has 0 aromatic carbocycles. The highest BCUT2D eigenvalue weighted by Crippen LogP contribution is 1.91. The molecule has 0 aromatic rings. The molecule has 0 fully saturated rings. The molecular formula is C4H6O5S. The van der Waals surface area contributed by atoms with Crippen molar-refractivity contribution in [2.45, 2.75) is 0 Å². The van der Waals surface area contributed by atoms with Gasteiger partial charge in [0.1, 0.15) is 0 Å². The summed E-state index contributed by atoms with van der Waals surface area (Å²) in [7, 11) is -3.95. The molecule has 0 aromatic heterocycles. The van der Waals surface area contributed by atoms with Gasteiger partial charge in [0.15, 0.2) is 5.75 Å². The second kappa shape index (κ2) is 3.21. The summed E-state index contributed by atoms with van der Waals surface area (Å²) in [6.45, 7) is 2.96. The van der Waals surface area contributed by atoms with Crippen molar-refractivity contribution in [2.75, 3.05) is 5.75 Å². The molecule has 0 saturated carbocycles. The van der Waals surface area contributed by atoms with Gasteiger partial charge in [0.05, 0.1) is 6.26 Å². The van der Waals surface area contributed by atoms with Gasteiger partial charge in [-0.1, -0.05) is 6.58 Å². The zero-order valence-electron chi connectivity index (χ0n) is 4.98. The lowest BCUT2D eigenvalue weighted by molar-refractivity contribution is -0.134. The van der Waals surface area contributed by atoms with Gasteiger partial charge in [-0.15, -0.1) is 0 Å². The minimum atomic E-state index is -3.95. The molecule has 0 bridgehead atoms. The monoisotopic (exact) mass is 166 g/mol. The Labute approximate surface area is 58.0 Å². The lowest BCUT2D eigenvalue weighted by atomic mass is 10.8. The normalized spacial score (nSPS) is 10.4. The molecule has 0 rings (SSSR count). The van der Waals surface area contributed by atoms with Gasteiger partial charge in [0, 0.05) is 0 Å². The maximum Gasteiger partial charge on any atom is 0.322 e. The van der Waals surface area contributed by atoms with E-state index in [-0.39, 0.29) is 0 Å². The lowest BCUT2D eigenvalue weighted by Crippen LogP contribution is -2.15. The Morgan fingerprint density at radius 1 is 1.70 bits per heavy atom. The highest BCUT2D eigenvalue weighted by atomic mass is 32.2. The van der Waals surface area contributed by atoms with E-state index in [0.717, 1.165) is 0 Å². The molecule has 10 heavy (non-hydrogen) atoms. The largest absolute Gasteiger partial charge is 0.480 e. The van der Waals surface area contributed by atoms with Crippen molar-refractivity contribution in [1.29, 1.82) is 0 Å². The smallest absolute Gasteiger partial charge is 0.322 e. The second-order valence-electron chi connectivity index (χ2n) is 1.36. The lowest BCUT2D eigenvalue weighted by Gasteiger charge is -1.96. The summed E-state index contributed by atoms with van der Waals surface area (Å²) in [5, 5.41) is 7.98. The summed E-state index contributed by atoms with van der Waals surface area (Å²) in [6.07, 6.45) is 0.665. The van der Waals surface area contributed by atoms with Crippen LogP contribution >= 0.6 is 0 Å². The first-order chi connectivity index (χ1) is 4.48. The van der Waals surface area contributed by atoms with Gasteiger partial charge in [-0.3, -0.25) is 4.79 Å². The van der Waals surface area contributed by atoms with Crippen LogP contribution in [0.2, 0.25) is 0 Å². The Morgan fingerprint density at radius 3 is 2.50 bits per heavy atom. The van der Waals surface area contributed by atoms with Crippen molar-refractivity contribution in [3.05, 3.63) is 12.8 Å².